The van der Waals surface area contributed by atoms with Gasteiger partial charge in [-0.3, -0.25) is 4.79 Å². The van der Waals surface area contributed by atoms with E-state index in [4.69, 9.17) is 16.3 Å². The van der Waals surface area contributed by atoms with Gasteiger partial charge in [-0.1, -0.05) is 23.7 Å². The third kappa shape index (κ3) is 3.73. The van der Waals surface area contributed by atoms with Crippen molar-refractivity contribution in [1.29, 1.82) is 0 Å². The van der Waals surface area contributed by atoms with E-state index in [1.54, 1.807) is 6.07 Å². The number of hydrogen-bond acceptors (Lipinski definition) is 3. The highest BCUT2D eigenvalue weighted by atomic mass is 35.5. The van der Waals surface area contributed by atoms with Gasteiger partial charge in [0.2, 0.25) is 5.91 Å². The van der Waals surface area contributed by atoms with Gasteiger partial charge in [0, 0.05) is 13.1 Å². The lowest BCUT2D eigenvalue weighted by Crippen LogP contribution is -2.33. The number of benzene rings is 1. The summed E-state index contributed by atoms with van der Waals surface area (Å²) in [5, 5.41) is 4.05. The predicted octanol–water partition coefficient (Wildman–Crippen LogP) is 2.57. The van der Waals surface area contributed by atoms with Crippen LogP contribution in [0.25, 0.3) is 0 Å². The van der Waals surface area contributed by atoms with Crippen LogP contribution in [0.5, 0.6) is 5.75 Å². The summed E-state index contributed by atoms with van der Waals surface area (Å²) in [5.74, 6) is 2.34. The molecule has 0 bridgehead atoms. The molecule has 2 aliphatic rings. The minimum absolute atomic E-state index is 0.194. The molecule has 0 unspecified atom stereocenters. The first-order valence-electron chi connectivity index (χ1n) is 8.10. The molecule has 4 nitrogen and oxygen atoms in total. The Kier molecular flexibility index (Phi) is 5.21. The second-order valence-corrected chi connectivity index (χ2v) is 6.57. The summed E-state index contributed by atoms with van der Waals surface area (Å²) < 4.78 is 5.61. The van der Waals surface area contributed by atoms with E-state index in [-0.39, 0.29) is 5.91 Å². The molecule has 1 aromatic carbocycles. The number of hydrogen-bond donors (Lipinski definition) is 1. The van der Waals surface area contributed by atoms with E-state index in [0.717, 1.165) is 50.9 Å². The number of amides is 1. The van der Waals surface area contributed by atoms with Crippen LogP contribution in [0.4, 0.5) is 0 Å². The average molecular weight is 323 g/mol. The fraction of sp³-hybridized carbons (Fsp3) is 0.588. The number of nitrogens with one attached hydrogen (secondary N) is 1. The van der Waals surface area contributed by atoms with Gasteiger partial charge in [-0.05, 0) is 49.9 Å². The number of rotatable bonds is 4. The summed E-state index contributed by atoms with van der Waals surface area (Å²) in [6, 6.07) is 7.36. The first-order chi connectivity index (χ1) is 10.7. The number of para-hydroxylation sites is 1. The summed E-state index contributed by atoms with van der Waals surface area (Å²) >= 11 is 6.04. The first-order valence-corrected chi connectivity index (χ1v) is 8.47. The topological polar surface area (TPSA) is 41.6 Å². The monoisotopic (exact) mass is 322 g/mol. The van der Waals surface area contributed by atoms with Gasteiger partial charge in [-0.25, -0.2) is 0 Å². The van der Waals surface area contributed by atoms with Crippen LogP contribution in [0.15, 0.2) is 24.3 Å². The van der Waals surface area contributed by atoms with Gasteiger partial charge in [0.15, 0.2) is 0 Å². The van der Waals surface area contributed by atoms with Crippen molar-refractivity contribution in [1.82, 2.24) is 10.2 Å². The zero-order chi connectivity index (χ0) is 15.4. The lowest BCUT2D eigenvalue weighted by atomic mass is 9.92. The molecule has 0 aromatic heterocycles. The minimum Gasteiger partial charge on any atom is -0.491 e. The van der Waals surface area contributed by atoms with Crippen molar-refractivity contribution in [2.75, 3.05) is 32.8 Å². The lowest BCUT2D eigenvalue weighted by Gasteiger charge is -2.21. The molecule has 2 fully saturated rings. The van der Waals surface area contributed by atoms with Crippen LogP contribution in [0.2, 0.25) is 5.02 Å². The Labute approximate surface area is 136 Å². The third-order valence-corrected chi connectivity index (χ3v) is 5.09. The maximum absolute atomic E-state index is 12.3. The van der Waals surface area contributed by atoms with Crippen molar-refractivity contribution in [3.63, 3.8) is 0 Å². The second kappa shape index (κ2) is 7.34. The van der Waals surface area contributed by atoms with Gasteiger partial charge in [0.1, 0.15) is 5.75 Å². The largest absolute Gasteiger partial charge is 0.491 e. The fourth-order valence-corrected chi connectivity index (χ4v) is 3.63. The van der Waals surface area contributed by atoms with E-state index >= 15 is 0 Å². The van der Waals surface area contributed by atoms with Crippen LogP contribution in [-0.4, -0.2) is 43.6 Å². The quantitative estimate of drug-likeness (QED) is 0.926. The Morgan fingerprint density at radius 1 is 1.23 bits per heavy atom. The van der Waals surface area contributed by atoms with Crippen LogP contribution < -0.4 is 10.1 Å². The normalized spacial score (nSPS) is 24.7. The predicted molar refractivity (Wildman–Crippen MR) is 87.2 cm³/mol. The van der Waals surface area contributed by atoms with Gasteiger partial charge >= 0.3 is 0 Å². The van der Waals surface area contributed by atoms with E-state index in [1.807, 2.05) is 23.1 Å². The van der Waals surface area contributed by atoms with Gasteiger partial charge < -0.3 is 15.0 Å². The molecule has 0 aliphatic carbocycles. The molecule has 3 rings (SSSR count). The molecule has 2 atom stereocenters. The molecule has 120 valence electrons. The fourth-order valence-electron chi connectivity index (χ4n) is 3.44. The van der Waals surface area contributed by atoms with E-state index in [1.165, 1.54) is 0 Å². The van der Waals surface area contributed by atoms with Crippen molar-refractivity contribution < 1.29 is 9.53 Å². The standard InChI is InChI=1S/C17H23ClN2O2/c18-15-3-1-2-4-16(15)22-10-7-17(21)20-8-5-13-11-19-12-14(13)6-9-20/h1-4,13-14,19H,5-12H2/t13-,14+. The molecule has 1 N–H and O–H groups in total. The SMILES string of the molecule is O=C(CCOc1ccccc1Cl)N1CC[C@@H]2CNC[C@@H]2CC1. The number of nitrogens with zero attached hydrogens (tertiary/aromatic N) is 1. The Hall–Kier alpha value is -1.26. The maximum Gasteiger partial charge on any atom is 0.225 e. The molecule has 0 spiro atoms. The molecule has 1 amide bonds. The maximum atomic E-state index is 12.3. The molecule has 0 radical (unpaired) electrons. The first kappa shape index (κ1) is 15.6. The number of halogens is 1. The summed E-state index contributed by atoms with van der Waals surface area (Å²) in [5.41, 5.74) is 0. The zero-order valence-corrected chi connectivity index (χ0v) is 13.5. The van der Waals surface area contributed by atoms with Gasteiger partial charge in [-0.15, -0.1) is 0 Å². The van der Waals surface area contributed by atoms with Crippen LogP contribution in [-0.2, 0) is 4.79 Å². The van der Waals surface area contributed by atoms with E-state index in [9.17, 15) is 4.79 Å². The Balaban J connectivity index is 1.45. The van der Waals surface area contributed by atoms with Gasteiger partial charge in [0.05, 0.1) is 18.1 Å². The molecule has 2 saturated heterocycles. The highest BCUT2D eigenvalue weighted by Crippen LogP contribution is 2.27. The number of carbonyl (C=O) groups is 1. The van der Waals surface area contributed by atoms with Crippen molar-refractivity contribution >= 4 is 17.5 Å². The molecule has 1 aromatic rings. The molecular formula is C17H23ClN2O2. The van der Waals surface area contributed by atoms with E-state index in [0.29, 0.717) is 23.8 Å². The number of likely N-dealkylation sites (tertiary alicyclic amines) is 1. The van der Waals surface area contributed by atoms with Crippen LogP contribution >= 0.6 is 11.6 Å². The zero-order valence-electron chi connectivity index (χ0n) is 12.8. The summed E-state index contributed by atoms with van der Waals surface area (Å²) in [6.07, 6.45) is 2.66. The van der Waals surface area contributed by atoms with Crippen LogP contribution in [0.3, 0.4) is 0 Å². The lowest BCUT2D eigenvalue weighted by molar-refractivity contribution is -0.131. The second-order valence-electron chi connectivity index (χ2n) is 6.17. The third-order valence-electron chi connectivity index (χ3n) is 4.78. The highest BCUT2D eigenvalue weighted by molar-refractivity contribution is 6.32. The molecule has 22 heavy (non-hydrogen) atoms. The Bertz CT molecular complexity index is 509. The number of fused-ring (bicyclic) bond motifs is 1. The Morgan fingerprint density at radius 3 is 2.59 bits per heavy atom. The van der Waals surface area contributed by atoms with E-state index < -0.39 is 0 Å². The minimum atomic E-state index is 0.194. The molecule has 2 aliphatic heterocycles. The number of carbonyl (C=O) groups excluding carboxylic acids is 1. The van der Waals surface area contributed by atoms with Gasteiger partial charge in [0.25, 0.3) is 0 Å². The van der Waals surface area contributed by atoms with E-state index in [2.05, 4.69) is 5.32 Å². The molecule has 0 saturated carbocycles. The summed E-state index contributed by atoms with van der Waals surface area (Å²) in [7, 11) is 0. The van der Waals surface area contributed by atoms with Crippen LogP contribution in [0.1, 0.15) is 19.3 Å². The smallest absolute Gasteiger partial charge is 0.225 e. The molecular weight excluding hydrogens is 300 g/mol. The van der Waals surface area contributed by atoms with Crippen molar-refractivity contribution in [2.24, 2.45) is 11.8 Å². The van der Waals surface area contributed by atoms with Crippen molar-refractivity contribution in [3.8, 4) is 5.75 Å². The highest BCUT2D eigenvalue weighted by Gasteiger charge is 2.31. The molecule has 5 heteroatoms. The van der Waals surface area contributed by atoms with Crippen molar-refractivity contribution in [2.45, 2.75) is 19.3 Å². The Morgan fingerprint density at radius 2 is 1.91 bits per heavy atom. The summed E-state index contributed by atoms with van der Waals surface area (Å²) in [6.45, 7) is 4.37. The average Bonchev–Trinajstić information content (AvgIpc) is 2.87. The summed E-state index contributed by atoms with van der Waals surface area (Å²) in [4.78, 5) is 14.4. The molecule has 2 heterocycles. The van der Waals surface area contributed by atoms with Gasteiger partial charge in [-0.2, -0.15) is 0 Å². The number of ether oxygens (including phenoxy) is 1. The van der Waals surface area contributed by atoms with Crippen LogP contribution in [0, 0.1) is 11.8 Å². The van der Waals surface area contributed by atoms with Crippen molar-refractivity contribution in [3.05, 3.63) is 29.3 Å².